The number of rotatable bonds is 1. The maximum Gasteiger partial charge on any atom is 0.239 e. The minimum Gasteiger partial charge on any atom is -0.347 e. The summed E-state index contributed by atoms with van der Waals surface area (Å²) in [5.74, 6) is 0.196. The van der Waals surface area contributed by atoms with Gasteiger partial charge in [0.15, 0.2) is 0 Å². The van der Waals surface area contributed by atoms with E-state index in [4.69, 9.17) is 0 Å². The van der Waals surface area contributed by atoms with E-state index in [-0.39, 0.29) is 11.9 Å². The number of carbonyl (C=O) groups excluding carboxylic acids is 1. The van der Waals surface area contributed by atoms with Gasteiger partial charge < -0.3 is 10.2 Å². The number of hydrogen-bond donors (Lipinski definition) is 1. The Morgan fingerprint density at radius 2 is 1.91 bits per heavy atom. The van der Waals surface area contributed by atoms with Gasteiger partial charge in [-0.25, -0.2) is 0 Å². The Balaban J connectivity index is 0.000000461. The van der Waals surface area contributed by atoms with Gasteiger partial charge in [-0.1, -0.05) is 13.8 Å². The molecule has 1 heterocycles. The average molecular weight is 158 g/mol. The van der Waals surface area contributed by atoms with Crippen molar-refractivity contribution in [1.29, 1.82) is 0 Å². The molecule has 1 fully saturated rings. The molecule has 1 amide bonds. The highest BCUT2D eigenvalue weighted by Gasteiger charge is 2.25. The molecule has 66 valence electrons. The summed E-state index contributed by atoms with van der Waals surface area (Å²) in [6.07, 6.45) is 0.997. The van der Waals surface area contributed by atoms with Crippen molar-refractivity contribution in [1.82, 2.24) is 10.2 Å². The minimum atomic E-state index is 0.111. The first kappa shape index (κ1) is 10.4. The summed E-state index contributed by atoms with van der Waals surface area (Å²) >= 11 is 0. The van der Waals surface area contributed by atoms with Crippen LogP contribution >= 0.6 is 0 Å². The first-order chi connectivity index (χ1) is 5.22. The van der Waals surface area contributed by atoms with E-state index in [0.717, 1.165) is 13.0 Å². The van der Waals surface area contributed by atoms with E-state index < -0.39 is 0 Å². The van der Waals surface area contributed by atoms with Crippen LogP contribution < -0.4 is 5.32 Å². The van der Waals surface area contributed by atoms with Gasteiger partial charge in [0.1, 0.15) is 0 Å². The molecule has 0 spiro atoms. The molecule has 3 heteroatoms. The van der Waals surface area contributed by atoms with Crippen LogP contribution in [0.3, 0.4) is 0 Å². The minimum absolute atomic E-state index is 0.111. The zero-order valence-electron chi connectivity index (χ0n) is 7.85. The van der Waals surface area contributed by atoms with Crippen LogP contribution in [0.25, 0.3) is 0 Å². The summed E-state index contributed by atoms with van der Waals surface area (Å²) in [6.45, 7) is 4.99. The van der Waals surface area contributed by atoms with Crippen LogP contribution in [-0.4, -0.2) is 37.5 Å². The summed E-state index contributed by atoms with van der Waals surface area (Å²) in [4.78, 5) is 12.6. The van der Waals surface area contributed by atoms with E-state index in [1.165, 1.54) is 0 Å². The molecule has 1 N–H and O–H groups in total. The lowest BCUT2D eigenvalue weighted by molar-refractivity contribution is -0.132. The molecule has 1 rings (SSSR count). The van der Waals surface area contributed by atoms with Crippen molar-refractivity contribution in [2.24, 2.45) is 0 Å². The third-order valence-corrected chi connectivity index (χ3v) is 1.56. The molecule has 0 bridgehead atoms. The molecule has 0 aromatic heterocycles. The predicted octanol–water partition coefficient (Wildman–Crippen LogP) is 0.463. The van der Waals surface area contributed by atoms with Gasteiger partial charge in [-0.15, -0.1) is 0 Å². The molecule has 1 aliphatic heterocycles. The van der Waals surface area contributed by atoms with Crippen molar-refractivity contribution >= 4 is 5.91 Å². The monoisotopic (exact) mass is 158 g/mol. The lowest BCUT2D eigenvalue weighted by Gasteiger charge is -2.28. The summed E-state index contributed by atoms with van der Waals surface area (Å²) < 4.78 is 0. The molecule has 1 atom stereocenters. The Kier molecular flexibility index (Phi) is 4.86. The number of hydrogen-bond acceptors (Lipinski definition) is 2. The van der Waals surface area contributed by atoms with Crippen LogP contribution in [0.4, 0.5) is 0 Å². The largest absolute Gasteiger partial charge is 0.347 e. The highest BCUT2D eigenvalue weighted by Crippen LogP contribution is 2.03. The van der Waals surface area contributed by atoms with E-state index in [1.54, 1.807) is 19.0 Å². The molecule has 0 radical (unpaired) electrons. The Morgan fingerprint density at radius 1 is 1.45 bits per heavy atom. The van der Waals surface area contributed by atoms with E-state index in [0.29, 0.717) is 0 Å². The van der Waals surface area contributed by atoms with Crippen LogP contribution in [0.5, 0.6) is 0 Å². The topological polar surface area (TPSA) is 32.3 Å². The molecule has 1 aliphatic rings. The number of nitrogens with zero attached hydrogens (tertiary/aromatic N) is 1. The van der Waals surface area contributed by atoms with E-state index >= 15 is 0 Å². The van der Waals surface area contributed by atoms with Crippen molar-refractivity contribution in [2.45, 2.75) is 26.3 Å². The highest BCUT2D eigenvalue weighted by atomic mass is 16.2. The van der Waals surface area contributed by atoms with Gasteiger partial charge >= 0.3 is 0 Å². The number of carbonyl (C=O) groups is 1. The fourth-order valence-corrected chi connectivity index (χ4v) is 0.811. The predicted molar refractivity (Wildman–Crippen MR) is 46.4 cm³/mol. The van der Waals surface area contributed by atoms with Gasteiger partial charge in [0.25, 0.3) is 0 Å². The van der Waals surface area contributed by atoms with E-state index in [1.807, 2.05) is 13.8 Å². The molecule has 0 aromatic carbocycles. The van der Waals surface area contributed by atoms with Crippen LogP contribution in [-0.2, 0) is 4.79 Å². The third kappa shape index (κ3) is 2.89. The van der Waals surface area contributed by atoms with Crippen molar-refractivity contribution in [3.05, 3.63) is 0 Å². The number of amides is 1. The van der Waals surface area contributed by atoms with Crippen molar-refractivity contribution in [2.75, 3.05) is 20.6 Å². The smallest absolute Gasteiger partial charge is 0.239 e. The number of likely N-dealkylation sites (N-methyl/N-ethyl adjacent to an activating group) is 1. The normalized spacial score (nSPS) is 20.9. The fraction of sp³-hybridized carbons (Fsp3) is 0.875. The SMILES string of the molecule is CC.CN(C)C(=O)[C@H]1CCN1. The molecule has 0 saturated carbocycles. The lowest BCUT2D eigenvalue weighted by atomic mass is 10.1. The average Bonchev–Trinajstić information content (AvgIpc) is 1.88. The van der Waals surface area contributed by atoms with Gasteiger partial charge in [-0.2, -0.15) is 0 Å². The second-order valence-corrected chi connectivity index (χ2v) is 2.53. The molecule has 0 aromatic rings. The van der Waals surface area contributed by atoms with Gasteiger partial charge in [0, 0.05) is 14.1 Å². The standard InChI is InChI=1S/C6H12N2O.C2H6/c1-8(2)6(9)5-3-4-7-5;1-2/h5,7H,3-4H2,1-2H3;1-2H3/t5-;/m1./s1. The van der Waals surface area contributed by atoms with Gasteiger partial charge in [0.05, 0.1) is 6.04 Å². The summed E-state index contributed by atoms with van der Waals surface area (Å²) in [7, 11) is 3.56. The van der Waals surface area contributed by atoms with Crippen molar-refractivity contribution < 1.29 is 4.79 Å². The summed E-state index contributed by atoms with van der Waals surface area (Å²) in [6, 6.07) is 0.111. The summed E-state index contributed by atoms with van der Waals surface area (Å²) in [5.41, 5.74) is 0. The zero-order valence-corrected chi connectivity index (χ0v) is 7.85. The van der Waals surface area contributed by atoms with Crippen molar-refractivity contribution in [3.8, 4) is 0 Å². The molecule has 0 unspecified atom stereocenters. The second-order valence-electron chi connectivity index (χ2n) is 2.53. The number of nitrogens with one attached hydrogen (secondary N) is 1. The Labute approximate surface area is 68.8 Å². The Bertz CT molecular complexity index is 119. The van der Waals surface area contributed by atoms with E-state index in [9.17, 15) is 4.79 Å². The first-order valence-electron chi connectivity index (χ1n) is 4.16. The van der Waals surface area contributed by atoms with E-state index in [2.05, 4.69) is 5.32 Å². The molecule has 11 heavy (non-hydrogen) atoms. The van der Waals surface area contributed by atoms with Crippen LogP contribution in [0, 0.1) is 0 Å². The second kappa shape index (κ2) is 5.13. The third-order valence-electron chi connectivity index (χ3n) is 1.56. The maximum atomic E-state index is 11.0. The molecule has 1 saturated heterocycles. The fourth-order valence-electron chi connectivity index (χ4n) is 0.811. The Hall–Kier alpha value is -0.570. The van der Waals surface area contributed by atoms with Crippen LogP contribution in [0.1, 0.15) is 20.3 Å². The molecular formula is C8H18N2O. The van der Waals surface area contributed by atoms with Crippen molar-refractivity contribution in [3.63, 3.8) is 0 Å². The van der Waals surface area contributed by atoms with Gasteiger partial charge in [-0.3, -0.25) is 4.79 Å². The maximum absolute atomic E-state index is 11.0. The Morgan fingerprint density at radius 3 is 2.00 bits per heavy atom. The molecular weight excluding hydrogens is 140 g/mol. The highest BCUT2D eigenvalue weighted by molar-refractivity contribution is 5.82. The van der Waals surface area contributed by atoms with Crippen LogP contribution in [0.2, 0.25) is 0 Å². The zero-order chi connectivity index (χ0) is 8.85. The van der Waals surface area contributed by atoms with Gasteiger partial charge in [-0.05, 0) is 13.0 Å². The summed E-state index contributed by atoms with van der Waals surface area (Å²) in [5, 5.41) is 3.04. The quantitative estimate of drug-likeness (QED) is 0.601. The van der Waals surface area contributed by atoms with Crippen LogP contribution in [0.15, 0.2) is 0 Å². The lowest BCUT2D eigenvalue weighted by Crippen LogP contribution is -2.52. The first-order valence-corrected chi connectivity index (χ1v) is 4.16. The molecule has 3 nitrogen and oxygen atoms in total. The van der Waals surface area contributed by atoms with Gasteiger partial charge in [0.2, 0.25) is 5.91 Å². The molecule has 0 aliphatic carbocycles.